The van der Waals surface area contributed by atoms with Gasteiger partial charge in [0.1, 0.15) is 6.33 Å². The average Bonchev–Trinajstić information content (AvgIpc) is 2.46. The van der Waals surface area contributed by atoms with E-state index in [-0.39, 0.29) is 6.04 Å². The lowest BCUT2D eigenvalue weighted by Crippen LogP contribution is -2.21. The molecule has 1 heterocycles. The lowest BCUT2D eigenvalue weighted by molar-refractivity contribution is 0.395. The van der Waals surface area contributed by atoms with Gasteiger partial charge in [-0.15, -0.1) is 0 Å². The monoisotopic (exact) mass is 271 g/mol. The van der Waals surface area contributed by atoms with Crippen molar-refractivity contribution < 1.29 is 4.74 Å². The number of methoxy groups -OCH3 is 1. The van der Waals surface area contributed by atoms with E-state index in [1.54, 1.807) is 13.4 Å². The molecule has 0 aliphatic carbocycles. The molecule has 0 bridgehead atoms. The SMILES string of the molecule is CNC(Cc1cc(OC)ncn1)c1c(C)cccc1C. The lowest BCUT2D eigenvalue weighted by Gasteiger charge is -2.21. The summed E-state index contributed by atoms with van der Waals surface area (Å²) in [5.74, 6) is 0.603. The van der Waals surface area contributed by atoms with Gasteiger partial charge in [0, 0.05) is 24.2 Å². The van der Waals surface area contributed by atoms with Gasteiger partial charge in [-0.25, -0.2) is 9.97 Å². The molecule has 4 heteroatoms. The number of nitrogens with one attached hydrogen (secondary N) is 1. The van der Waals surface area contributed by atoms with E-state index in [1.165, 1.54) is 16.7 Å². The van der Waals surface area contributed by atoms with Crippen LogP contribution in [0.1, 0.15) is 28.4 Å². The Morgan fingerprint density at radius 3 is 2.50 bits per heavy atom. The fourth-order valence-electron chi connectivity index (χ4n) is 2.53. The summed E-state index contributed by atoms with van der Waals surface area (Å²) in [6.45, 7) is 4.29. The van der Waals surface area contributed by atoms with E-state index in [9.17, 15) is 0 Å². The van der Waals surface area contributed by atoms with Crippen LogP contribution in [0.4, 0.5) is 0 Å². The number of likely N-dealkylation sites (N-methyl/N-ethyl adjacent to an activating group) is 1. The highest BCUT2D eigenvalue weighted by Crippen LogP contribution is 2.24. The molecule has 1 N–H and O–H groups in total. The number of hydrogen-bond acceptors (Lipinski definition) is 4. The van der Waals surface area contributed by atoms with Crippen LogP contribution in [-0.4, -0.2) is 24.1 Å². The van der Waals surface area contributed by atoms with Crippen molar-refractivity contribution in [3.05, 3.63) is 53.0 Å². The van der Waals surface area contributed by atoms with Crippen LogP contribution in [0, 0.1) is 13.8 Å². The van der Waals surface area contributed by atoms with Crippen LogP contribution in [0.25, 0.3) is 0 Å². The van der Waals surface area contributed by atoms with Crippen molar-refractivity contribution in [1.29, 1.82) is 0 Å². The molecule has 0 radical (unpaired) electrons. The van der Waals surface area contributed by atoms with Crippen LogP contribution in [0.5, 0.6) is 5.88 Å². The maximum Gasteiger partial charge on any atom is 0.216 e. The number of nitrogens with zero attached hydrogens (tertiary/aromatic N) is 2. The Morgan fingerprint density at radius 2 is 1.90 bits per heavy atom. The van der Waals surface area contributed by atoms with Gasteiger partial charge in [-0.2, -0.15) is 0 Å². The van der Waals surface area contributed by atoms with E-state index >= 15 is 0 Å². The summed E-state index contributed by atoms with van der Waals surface area (Å²) < 4.78 is 5.15. The quantitative estimate of drug-likeness (QED) is 0.908. The minimum Gasteiger partial charge on any atom is -0.481 e. The zero-order valence-corrected chi connectivity index (χ0v) is 12.5. The molecule has 0 aliphatic heterocycles. The van der Waals surface area contributed by atoms with Gasteiger partial charge in [0.25, 0.3) is 0 Å². The van der Waals surface area contributed by atoms with Crippen molar-refractivity contribution >= 4 is 0 Å². The maximum absolute atomic E-state index is 5.15. The molecule has 4 nitrogen and oxygen atoms in total. The molecule has 0 spiro atoms. The highest BCUT2D eigenvalue weighted by atomic mass is 16.5. The summed E-state index contributed by atoms with van der Waals surface area (Å²) in [6.07, 6.45) is 2.35. The van der Waals surface area contributed by atoms with Crippen LogP contribution in [0.15, 0.2) is 30.6 Å². The number of rotatable bonds is 5. The molecule has 1 unspecified atom stereocenters. The first kappa shape index (κ1) is 14.5. The van der Waals surface area contributed by atoms with E-state index in [4.69, 9.17) is 4.74 Å². The molecule has 1 aromatic heterocycles. The van der Waals surface area contributed by atoms with Gasteiger partial charge >= 0.3 is 0 Å². The van der Waals surface area contributed by atoms with Crippen molar-refractivity contribution in [2.75, 3.05) is 14.2 Å². The fraction of sp³-hybridized carbons (Fsp3) is 0.375. The Morgan fingerprint density at radius 1 is 1.20 bits per heavy atom. The fourth-order valence-corrected chi connectivity index (χ4v) is 2.53. The Bertz CT molecular complexity index is 563. The van der Waals surface area contributed by atoms with Gasteiger partial charge in [-0.1, -0.05) is 18.2 Å². The highest BCUT2D eigenvalue weighted by Gasteiger charge is 2.15. The maximum atomic E-state index is 5.15. The number of hydrogen-bond donors (Lipinski definition) is 1. The normalized spacial score (nSPS) is 12.2. The van der Waals surface area contributed by atoms with E-state index in [2.05, 4.69) is 47.3 Å². The van der Waals surface area contributed by atoms with Gasteiger partial charge in [-0.3, -0.25) is 0 Å². The first-order valence-electron chi connectivity index (χ1n) is 6.74. The Kier molecular flexibility index (Phi) is 4.69. The standard InChI is InChI=1S/C16H21N3O/c1-11-6-5-7-12(2)16(11)14(17-3)8-13-9-15(20-4)19-10-18-13/h5-7,9-10,14,17H,8H2,1-4H3. The summed E-state index contributed by atoms with van der Waals surface area (Å²) in [6, 6.07) is 8.50. The number of benzene rings is 1. The molecule has 0 amide bonds. The largest absolute Gasteiger partial charge is 0.481 e. The number of aryl methyl sites for hydroxylation is 2. The third kappa shape index (κ3) is 3.14. The van der Waals surface area contributed by atoms with Gasteiger partial charge < -0.3 is 10.1 Å². The van der Waals surface area contributed by atoms with Crippen LogP contribution < -0.4 is 10.1 Å². The van der Waals surface area contributed by atoms with Crippen molar-refractivity contribution in [1.82, 2.24) is 15.3 Å². The predicted octanol–water partition coefficient (Wildman–Crippen LogP) is 2.61. The highest BCUT2D eigenvalue weighted by molar-refractivity contribution is 5.37. The average molecular weight is 271 g/mol. The molecule has 0 saturated heterocycles. The van der Waals surface area contributed by atoms with Gasteiger partial charge in [-0.05, 0) is 37.6 Å². The summed E-state index contributed by atoms with van der Waals surface area (Å²) in [7, 11) is 3.60. The Hall–Kier alpha value is -1.94. The molecular formula is C16H21N3O. The van der Waals surface area contributed by atoms with E-state index in [1.807, 2.05) is 13.1 Å². The zero-order valence-electron chi connectivity index (χ0n) is 12.5. The molecule has 2 rings (SSSR count). The lowest BCUT2D eigenvalue weighted by atomic mass is 9.93. The van der Waals surface area contributed by atoms with E-state index < -0.39 is 0 Å². The second-order valence-electron chi connectivity index (χ2n) is 4.90. The molecule has 106 valence electrons. The minimum absolute atomic E-state index is 0.232. The molecule has 1 atom stereocenters. The molecule has 0 fully saturated rings. The topological polar surface area (TPSA) is 47.0 Å². The molecule has 0 aliphatic rings. The van der Waals surface area contributed by atoms with Crippen LogP contribution in [0.2, 0.25) is 0 Å². The summed E-state index contributed by atoms with van der Waals surface area (Å²) >= 11 is 0. The number of aromatic nitrogens is 2. The zero-order chi connectivity index (χ0) is 14.5. The van der Waals surface area contributed by atoms with Crippen molar-refractivity contribution in [2.24, 2.45) is 0 Å². The second-order valence-corrected chi connectivity index (χ2v) is 4.90. The predicted molar refractivity (Wildman–Crippen MR) is 80.0 cm³/mol. The third-order valence-corrected chi connectivity index (χ3v) is 3.56. The molecule has 0 saturated carbocycles. The molecule has 20 heavy (non-hydrogen) atoms. The second kappa shape index (κ2) is 6.48. The molecule has 1 aromatic carbocycles. The first-order chi connectivity index (χ1) is 9.65. The minimum atomic E-state index is 0.232. The van der Waals surface area contributed by atoms with Gasteiger partial charge in [0.2, 0.25) is 5.88 Å². The first-order valence-corrected chi connectivity index (χ1v) is 6.74. The summed E-state index contributed by atoms with van der Waals surface area (Å²) in [4.78, 5) is 8.37. The van der Waals surface area contributed by atoms with Gasteiger partial charge in [0.05, 0.1) is 7.11 Å². The van der Waals surface area contributed by atoms with Crippen molar-refractivity contribution in [3.63, 3.8) is 0 Å². The number of ether oxygens (including phenoxy) is 1. The van der Waals surface area contributed by atoms with Crippen LogP contribution >= 0.6 is 0 Å². The Balaban J connectivity index is 2.29. The van der Waals surface area contributed by atoms with Crippen LogP contribution in [-0.2, 0) is 6.42 Å². The van der Waals surface area contributed by atoms with Crippen LogP contribution in [0.3, 0.4) is 0 Å². The third-order valence-electron chi connectivity index (χ3n) is 3.56. The van der Waals surface area contributed by atoms with E-state index in [0.29, 0.717) is 5.88 Å². The molecule has 2 aromatic rings. The Labute approximate surface area is 120 Å². The molecular weight excluding hydrogens is 250 g/mol. The summed E-state index contributed by atoms with van der Waals surface area (Å²) in [5, 5.41) is 3.38. The van der Waals surface area contributed by atoms with Crippen molar-refractivity contribution in [2.45, 2.75) is 26.3 Å². The van der Waals surface area contributed by atoms with E-state index in [0.717, 1.165) is 12.1 Å². The van der Waals surface area contributed by atoms with Crippen molar-refractivity contribution in [3.8, 4) is 5.88 Å². The van der Waals surface area contributed by atoms with Gasteiger partial charge in [0.15, 0.2) is 0 Å². The smallest absolute Gasteiger partial charge is 0.216 e. The summed E-state index contributed by atoms with van der Waals surface area (Å²) in [5.41, 5.74) is 4.90.